The first-order chi connectivity index (χ1) is 16.5. The van der Waals surface area contributed by atoms with E-state index in [4.69, 9.17) is 24.4 Å². The summed E-state index contributed by atoms with van der Waals surface area (Å²) in [5.41, 5.74) is 4.82. The average Bonchev–Trinajstić information content (AvgIpc) is 3.14. The molecular weight excluding hydrogens is 430 g/mol. The Hall–Kier alpha value is -3.78. The molecule has 0 atom stereocenters. The lowest BCUT2D eigenvalue weighted by Crippen LogP contribution is -2.24. The van der Waals surface area contributed by atoms with E-state index in [1.54, 1.807) is 11.7 Å². The first-order valence-corrected chi connectivity index (χ1v) is 11.4. The van der Waals surface area contributed by atoms with E-state index in [9.17, 15) is 4.79 Å². The molecule has 0 spiro atoms. The maximum atomic E-state index is 13.8. The molecule has 0 aliphatic heterocycles. The van der Waals surface area contributed by atoms with Crippen molar-refractivity contribution in [2.24, 2.45) is 0 Å². The van der Waals surface area contributed by atoms with Gasteiger partial charge in [-0.3, -0.25) is 13.9 Å². The number of ether oxygens (including phenoxy) is 2. The van der Waals surface area contributed by atoms with Gasteiger partial charge in [0.1, 0.15) is 22.5 Å². The molecule has 174 valence electrons. The molecule has 0 unspecified atom stereocenters. The Morgan fingerprint density at radius 2 is 1.74 bits per heavy atom. The normalized spacial score (nSPS) is 11.6. The van der Waals surface area contributed by atoms with Crippen LogP contribution in [0.4, 0.5) is 0 Å². The maximum Gasteiger partial charge on any atom is 0.265 e. The van der Waals surface area contributed by atoms with Crippen molar-refractivity contribution < 1.29 is 9.47 Å². The number of rotatable bonds is 7. The third-order valence-corrected chi connectivity index (χ3v) is 6.00. The molecule has 0 N–H and O–H groups in total. The summed E-state index contributed by atoms with van der Waals surface area (Å²) in [4.78, 5) is 28.5. The van der Waals surface area contributed by atoms with Crippen LogP contribution in [0.3, 0.4) is 0 Å². The predicted octanol–water partition coefficient (Wildman–Crippen LogP) is 4.34. The van der Waals surface area contributed by atoms with E-state index >= 15 is 0 Å². The average molecular weight is 458 g/mol. The van der Waals surface area contributed by atoms with Gasteiger partial charge in [-0.05, 0) is 57.0 Å². The van der Waals surface area contributed by atoms with E-state index in [0.717, 1.165) is 28.7 Å². The number of fused-ring (bicyclic) bond motifs is 4. The topological polar surface area (TPSA) is 84.1 Å². The van der Waals surface area contributed by atoms with Gasteiger partial charge < -0.3 is 9.47 Å². The van der Waals surface area contributed by atoms with Crippen molar-refractivity contribution in [1.29, 1.82) is 0 Å². The van der Waals surface area contributed by atoms with Gasteiger partial charge in [-0.25, -0.2) is 15.0 Å². The highest BCUT2D eigenvalue weighted by Gasteiger charge is 2.23. The first-order valence-electron chi connectivity index (χ1n) is 11.4. The second kappa shape index (κ2) is 8.87. The van der Waals surface area contributed by atoms with Crippen LogP contribution in [0.5, 0.6) is 5.75 Å². The molecule has 2 aromatic carbocycles. The number of hydrogen-bond donors (Lipinski definition) is 0. The van der Waals surface area contributed by atoms with E-state index in [2.05, 4.69) is 0 Å². The number of benzene rings is 2. The quantitative estimate of drug-likeness (QED) is 0.338. The number of para-hydroxylation sites is 2. The van der Waals surface area contributed by atoms with Crippen molar-refractivity contribution in [3.63, 3.8) is 0 Å². The molecule has 0 saturated heterocycles. The number of nitrogens with zero attached hydrogens (tertiary/aromatic N) is 5. The minimum atomic E-state index is -0.126. The maximum absolute atomic E-state index is 13.8. The van der Waals surface area contributed by atoms with Crippen LogP contribution < -0.4 is 10.3 Å². The van der Waals surface area contributed by atoms with Crippen LogP contribution in [0.2, 0.25) is 0 Å². The summed E-state index contributed by atoms with van der Waals surface area (Å²) in [6.07, 6.45) is 0.723. The van der Waals surface area contributed by atoms with Gasteiger partial charge in [-0.2, -0.15) is 0 Å². The molecule has 0 aliphatic carbocycles. The molecule has 0 saturated carbocycles. The summed E-state index contributed by atoms with van der Waals surface area (Å²) in [6.45, 7) is 7.60. The zero-order valence-corrected chi connectivity index (χ0v) is 19.8. The minimum absolute atomic E-state index is 0.126. The molecule has 8 nitrogen and oxygen atoms in total. The number of aryl methyl sites for hydroxylation is 2. The van der Waals surface area contributed by atoms with Crippen LogP contribution in [-0.2, 0) is 11.3 Å². The summed E-state index contributed by atoms with van der Waals surface area (Å²) >= 11 is 0. The predicted molar refractivity (Wildman–Crippen MR) is 133 cm³/mol. The van der Waals surface area contributed by atoms with Gasteiger partial charge in [0.05, 0.1) is 23.8 Å². The molecule has 3 heterocycles. The van der Waals surface area contributed by atoms with Crippen molar-refractivity contribution in [2.75, 3.05) is 20.3 Å². The van der Waals surface area contributed by atoms with E-state index in [1.807, 2.05) is 67.8 Å². The van der Waals surface area contributed by atoms with Gasteiger partial charge in [-0.1, -0.05) is 18.2 Å². The van der Waals surface area contributed by atoms with Gasteiger partial charge in [0.2, 0.25) is 0 Å². The monoisotopic (exact) mass is 457 g/mol. The van der Waals surface area contributed by atoms with Crippen molar-refractivity contribution in [3.05, 3.63) is 64.2 Å². The summed E-state index contributed by atoms with van der Waals surface area (Å²) in [5.74, 6) is 1.30. The molecule has 3 aromatic heterocycles. The van der Waals surface area contributed by atoms with Gasteiger partial charge in [0.15, 0.2) is 11.3 Å². The summed E-state index contributed by atoms with van der Waals surface area (Å²) in [7, 11) is 1.63. The molecule has 8 heteroatoms. The summed E-state index contributed by atoms with van der Waals surface area (Å²) < 4.78 is 14.7. The zero-order chi connectivity index (χ0) is 23.8. The number of methoxy groups -OCH3 is 1. The molecule has 0 amide bonds. The van der Waals surface area contributed by atoms with Gasteiger partial charge >= 0.3 is 0 Å². The summed E-state index contributed by atoms with van der Waals surface area (Å²) in [5, 5.41) is 0.457. The Kier molecular flexibility index (Phi) is 5.75. The van der Waals surface area contributed by atoms with Crippen LogP contribution in [0.1, 0.15) is 24.7 Å². The highest BCUT2D eigenvalue weighted by Crippen LogP contribution is 2.33. The molecule has 5 rings (SSSR count). The van der Waals surface area contributed by atoms with E-state index in [-0.39, 0.29) is 5.56 Å². The number of aromatic nitrogens is 5. The Bertz CT molecular complexity index is 1590. The van der Waals surface area contributed by atoms with Gasteiger partial charge in [0.25, 0.3) is 5.56 Å². The molecular formula is C26H27N5O3. The largest absolute Gasteiger partial charge is 0.495 e. The first kappa shape index (κ1) is 22.0. The van der Waals surface area contributed by atoms with Gasteiger partial charge in [-0.15, -0.1) is 0 Å². The molecule has 0 aliphatic rings. The Labute approximate surface area is 196 Å². The van der Waals surface area contributed by atoms with Crippen molar-refractivity contribution in [2.45, 2.75) is 33.7 Å². The SMILES string of the molecule is CCOCCCn1c(C)nc2c(c1=O)c1nc3ccccc3nc1n2-c1cc(C)ccc1OC. The van der Waals surface area contributed by atoms with Crippen molar-refractivity contribution in [3.8, 4) is 11.4 Å². The van der Waals surface area contributed by atoms with Crippen LogP contribution >= 0.6 is 0 Å². The van der Waals surface area contributed by atoms with Gasteiger partial charge in [0, 0.05) is 19.8 Å². The zero-order valence-electron chi connectivity index (χ0n) is 19.8. The third kappa shape index (κ3) is 3.60. The van der Waals surface area contributed by atoms with Crippen LogP contribution in [0, 0.1) is 13.8 Å². The minimum Gasteiger partial charge on any atom is -0.495 e. The van der Waals surface area contributed by atoms with Crippen LogP contribution in [0.15, 0.2) is 47.3 Å². The van der Waals surface area contributed by atoms with E-state index in [0.29, 0.717) is 53.5 Å². The van der Waals surface area contributed by atoms with Crippen molar-refractivity contribution in [1.82, 2.24) is 24.1 Å². The molecule has 5 aromatic rings. The molecule has 34 heavy (non-hydrogen) atoms. The summed E-state index contributed by atoms with van der Waals surface area (Å²) in [6, 6.07) is 13.6. The Morgan fingerprint density at radius 1 is 0.971 bits per heavy atom. The van der Waals surface area contributed by atoms with E-state index in [1.165, 1.54) is 0 Å². The second-order valence-electron chi connectivity index (χ2n) is 8.26. The van der Waals surface area contributed by atoms with E-state index < -0.39 is 0 Å². The lowest BCUT2D eigenvalue weighted by Gasteiger charge is -2.13. The lowest BCUT2D eigenvalue weighted by molar-refractivity contribution is 0.141. The molecule has 0 bridgehead atoms. The fourth-order valence-corrected chi connectivity index (χ4v) is 4.37. The standard InChI is InChI=1S/C26H27N5O3/c1-5-34-14-8-13-30-17(3)27-24-22(26(30)32)23-25(29-19-10-7-6-9-18(19)28-23)31(24)20-15-16(2)11-12-21(20)33-4/h6-7,9-12,15H,5,8,13-14H2,1-4H3. The molecule has 0 radical (unpaired) electrons. The Balaban J connectivity index is 1.88. The fourth-order valence-electron chi connectivity index (χ4n) is 4.37. The lowest BCUT2D eigenvalue weighted by atomic mass is 10.2. The highest BCUT2D eigenvalue weighted by atomic mass is 16.5. The Morgan fingerprint density at radius 3 is 2.47 bits per heavy atom. The fraction of sp³-hybridized carbons (Fsp3) is 0.308. The smallest absolute Gasteiger partial charge is 0.265 e. The second-order valence-corrected chi connectivity index (χ2v) is 8.26. The van der Waals surface area contributed by atoms with Crippen LogP contribution in [0.25, 0.3) is 38.9 Å². The molecule has 0 fully saturated rings. The number of hydrogen-bond acceptors (Lipinski definition) is 6. The third-order valence-electron chi connectivity index (χ3n) is 6.00. The van der Waals surface area contributed by atoms with Crippen molar-refractivity contribution >= 4 is 33.2 Å². The highest BCUT2D eigenvalue weighted by molar-refractivity contribution is 6.06. The van der Waals surface area contributed by atoms with Crippen LogP contribution in [-0.4, -0.2) is 44.4 Å².